The van der Waals surface area contributed by atoms with Gasteiger partial charge in [0.1, 0.15) is 5.76 Å². The smallest absolute Gasteiger partial charge is 0.194 e. The summed E-state index contributed by atoms with van der Waals surface area (Å²) in [5.74, 6) is 1.86. The van der Waals surface area contributed by atoms with Crippen molar-refractivity contribution in [2.45, 2.75) is 26.8 Å². The zero-order chi connectivity index (χ0) is 20.9. The van der Waals surface area contributed by atoms with Crippen LogP contribution in [0.1, 0.15) is 23.9 Å². The lowest BCUT2D eigenvalue weighted by Gasteiger charge is -2.36. The van der Waals surface area contributed by atoms with E-state index in [1.807, 2.05) is 31.2 Å². The van der Waals surface area contributed by atoms with Crippen LogP contribution in [0.2, 0.25) is 5.02 Å². The Morgan fingerprint density at radius 1 is 1.27 bits per heavy atom. The van der Waals surface area contributed by atoms with E-state index in [0.717, 1.165) is 80.2 Å². The molecule has 1 aliphatic heterocycles. The minimum atomic E-state index is 0.736. The van der Waals surface area contributed by atoms with Crippen LogP contribution in [-0.2, 0) is 13.0 Å². The molecule has 2 aromatic heterocycles. The molecule has 160 valence electrons. The number of aryl methyl sites for hydroxylation is 1. The van der Waals surface area contributed by atoms with Gasteiger partial charge in [-0.25, -0.2) is 0 Å². The van der Waals surface area contributed by atoms with Crippen LogP contribution in [0.25, 0.3) is 10.9 Å². The van der Waals surface area contributed by atoms with E-state index in [2.05, 4.69) is 38.4 Å². The number of aromatic nitrogens is 2. The summed E-state index contributed by atoms with van der Waals surface area (Å²) in [5.41, 5.74) is 3.36. The van der Waals surface area contributed by atoms with E-state index in [9.17, 15) is 0 Å². The molecule has 3 aromatic rings. The fourth-order valence-corrected chi connectivity index (χ4v) is 4.08. The molecule has 1 aliphatic rings. The lowest BCUT2D eigenvalue weighted by Crippen LogP contribution is -2.52. The third-order valence-corrected chi connectivity index (χ3v) is 5.68. The van der Waals surface area contributed by atoms with Crippen LogP contribution in [-0.4, -0.2) is 65.2 Å². The van der Waals surface area contributed by atoms with Gasteiger partial charge in [-0.2, -0.15) is 0 Å². The second-order valence-electron chi connectivity index (χ2n) is 7.68. The summed E-state index contributed by atoms with van der Waals surface area (Å²) in [7, 11) is 0. The number of nitrogens with zero attached hydrogens (tertiary/aromatic N) is 4. The fraction of sp³-hybridized carbons (Fsp3) is 0.455. The Balaban J connectivity index is 1.34. The number of aliphatic imine (C=N–C) groups is 1. The molecule has 8 heteroatoms. The Morgan fingerprint density at radius 2 is 2.10 bits per heavy atom. The van der Waals surface area contributed by atoms with Crippen molar-refractivity contribution in [3.63, 3.8) is 0 Å². The minimum absolute atomic E-state index is 0.736. The molecule has 0 spiro atoms. The van der Waals surface area contributed by atoms with Crippen molar-refractivity contribution in [3.05, 3.63) is 52.5 Å². The number of halogens is 1. The predicted molar refractivity (Wildman–Crippen MR) is 121 cm³/mol. The number of hydrogen-bond acceptors (Lipinski definition) is 4. The SMILES string of the molecule is CCNC(=NCCc1c[nH]c2ccc(Cl)cc12)N1CCN(Cc2cc(C)on2)CC1. The summed E-state index contributed by atoms with van der Waals surface area (Å²) < 4.78 is 5.18. The Bertz CT molecular complexity index is 1000. The number of nitrogens with one attached hydrogen (secondary N) is 2. The van der Waals surface area contributed by atoms with Crippen LogP contribution in [0.5, 0.6) is 0 Å². The van der Waals surface area contributed by atoms with Gasteiger partial charge in [0.15, 0.2) is 5.96 Å². The maximum absolute atomic E-state index is 6.17. The van der Waals surface area contributed by atoms with Crippen molar-refractivity contribution in [3.8, 4) is 0 Å². The molecule has 0 amide bonds. The molecule has 0 unspecified atom stereocenters. The zero-order valence-electron chi connectivity index (χ0n) is 17.6. The van der Waals surface area contributed by atoms with Crippen LogP contribution in [0.4, 0.5) is 0 Å². The number of guanidine groups is 1. The van der Waals surface area contributed by atoms with Gasteiger partial charge in [-0.1, -0.05) is 16.8 Å². The van der Waals surface area contributed by atoms with E-state index in [1.165, 1.54) is 10.9 Å². The molecule has 3 heterocycles. The molecule has 7 nitrogen and oxygen atoms in total. The van der Waals surface area contributed by atoms with Crippen molar-refractivity contribution in [1.29, 1.82) is 0 Å². The predicted octanol–water partition coefficient (Wildman–Crippen LogP) is 3.44. The molecule has 4 rings (SSSR count). The molecule has 1 fully saturated rings. The monoisotopic (exact) mass is 428 g/mol. The van der Waals surface area contributed by atoms with E-state index < -0.39 is 0 Å². The number of fused-ring (bicyclic) bond motifs is 1. The van der Waals surface area contributed by atoms with Gasteiger partial charge in [0.05, 0.1) is 5.69 Å². The first-order chi connectivity index (χ1) is 14.6. The molecule has 1 saturated heterocycles. The zero-order valence-corrected chi connectivity index (χ0v) is 18.4. The highest BCUT2D eigenvalue weighted by atomic mass is 35.5. The van der Waals surface area contributed by atoms with Gasteiger partial charge in [0.2, 0.25) is 0 Å². The van der Waals surface area contributed by atoms with Crippen LogP contribution in [0.15, 0.2) is 40.0 Å². The molecular formula is C22H29ClN6O. The standard InChI is InChI=1S/C22H29ClN6O/c1-3-24-22(25-7-6-17-14-26-21-5-4-18(23)13-20(17)21)29-10-8-28(9-11-29)15-19-12-16(2)30-27-19/h4-5,12-14,26H,3,6-11,15H2,1-2H3,(H,24,25). The van der Waals surface area contributed by atoms with Gasteiger partial charge in [0.25, 0.3) is 0 Å². The van der Waals surface area contributed by atoms with Gasteiger partial charge in [0, 0.05) is 74.0 Å². The summed E-state index contributed by atoms with van der Waals surface area (Å²) in [6.07, 6.45) is 2.94. The van der Waals surface area contributed by atoms with Crippen molar-refractivity contribution >= 4 is 28.5 Å². The van der Waals surface area contributed by atoms with Crippen LogP contribution in [0.3, 0.4) is 0 Å². The van der Waals surface area contributed by atoms with Crippen molar-refractivity contribution in [1.82, 2.24) is 25.3 Å². The van der Waals surface area contributed by atoms with Crippen molar-refractivity contribution < 1.29 is 4.52 Å². The summed E-state index contributed by atoms with van der Waals surface area (Å²) in [4.78, 5) is 13.0. The average Bonchev–Trinajstić information content (AvgIpc) is 3.33. The molecule has 1 aromatic carbocycles. The number of aromatic amines is 1. The highest BCUT2D eigenvalue weighted by Gasteiger charge is 2.20. The van der Waals surface area contributed by atoms with E-state index >= 15 is 0 Å². The number of rotatable bonds is 6. The fourth-order valence-electron chi connectivity index (χ4n) is 3.90. The van der Waals surface area contributed by atoms with E-state index in [0.29, 0.717) is 0 Å². The minimum Gasteiger partial charge on any atom is -0.361 e. The van der Waals surface area contributed by atoms with Gasteiger partial charge in [-0.3, -0.25) is 9.89 Å². The number of piperazine rings is 1. The largest absolute Gasteiger partial charge is 0.361 e. The number of hydrogen-bond donors (Lipinski definition) is 2. The van der Waals surface area contributed by atoms with Crippen molar-refractivity contribution in [2.24, 2.45) is 4.99 Å². The summed E-state index contributed by atoms with van der Waals surface area (Å²) >= 11 is 6.17. The molecule has 0 radical (unpaired) electrons. The van der Waals surface area contributed by atoms with E-state index in [1.54, 1.807) is 0 Å². The van der Waals surface area contributed by atoms with Crippen LogP contribution in [0, 0.1) is 6.92 Å². The van der Waals surface area contributed by atoms with Gasteiger partial charge in [-0.15, -0.1) is 0 Å². The molecule has 0 aliphatic carbocycles. The topological polar surface area (TPSA) is 72.7 Å². The Kier molecular flexibility index (Phi) is 6.59. The third kappa shape index (κ3) is 4.96. The molecule has 0 bridgehead atoms. The van der Waals surface area contributed by atoms with Crippen LogP contribution >= 0.6 is 11.6 Å². The van der Waals surface area contributed by atoms with E-state index in [4.69, 9.17) is 21.1 Å². The van der Waals surface area contributed by atoms with Gasteiger partial charge < -0.3 is 19.7 Å². The number of benzene rings is 1. The lowest BCUT2D eigenvalue weighted by molar-refractivity contribution is 0.169. The molecule has 0 saturated carbocycles. The Hall–Kier alpha value is -2.51. The van der Waals surface area contributed by atoms with Crippen LogP contribution < -0.4 is 5.32 Å². The third-order valence-electron chi connectivity index (χ3n) is 5.44. The average molecular weight is 429 g/mol. The maximum Gasteiger partial charge on any atom is 0.194 e. The normalized spacial score (nSPS) is 15.8. The first kappa shape index (κ1) is 20.8. The molecule has 0 atom stereocenters. The number of H-pyrrole nitrogens is 1. The Morgan fingerprint density at radius 3 is 2.83 bits per heavy atom. The van der Waals surface area contributed by atoms with Crippen molar-refractivity contribution in [2.75, 3.05) is 39.3 Å². The molecular weight excluding hydrogens is 400 g/mol. The second-order valence-corrected chi connectivity index (χ2v) is 8.12. The summed E-state index contributed by atoms with van der Waals surface area (Å²) in [6, 6.07) is 7.96. The first-order valence-corrected chi connectivity index (χ1v) is 10.9. The summed E-state index contributed by atoms with van der Waals surface area (Å²) in [5, 5.41) is 9.50. The summed E-state index contributed by atoms with van der Waals surface area (Å²) in [6.45, 7) is 10.3. The lowest BCUT2D eigenvalue weighted by atomic mass is 10.1. The van der Waals surface area contributed by atoms with Gasteiger partial charge >= 0.3 is 0 Å². The quantitative estimate of drug-likeness (QED) is 0.464. The second kappa shape index (κ2) is 9.53. The highest BCUT2D eigenvalue weighted by Crippen LogP contribution is 2.22. The molecule has 2 N–H and O–H groups in total. The highest BCUT2D eigenvalue weighted by molar-refractivity contribution is 6.31. The van der Waals surface area contributed by atoms with Gasteiger partial charge in [-0.05, 0) is 44.0 Å². The Labute approximate surface area is 182 Å². The maximum atomic E-state index is 6.17. The van der Waals surface area contributed by atoms with E-state index in [-0.39, 0.29) is 0 Å². The molecule has 30 heavy (non-hydrogen) atoms. The first-order valence-electron chi connectivity index (χ1n) is 10.6.